The van der Waals surface area contributed by atoms with Gasteiger partial charge in [0.15, 0.2) is 0 Å². The lowest BCUT2D eigenvalue weighted by Crippen LogP contribution is -2.41. The molecule has 2 aliphatic heterocycles. The summed E-state index contributed by atoms with van der Waals surface area (Å²) >= 11 is 0. The Morgan fingerprint density at radius 2 is 1.72 bits per heavy atom. The Balaban J connectivity index is 1.73. The molecule has 1 saturated heterocycles. The number of hydrogen-bond acceptors (Lipinski definition) is 3. The second-order valence-corrected chi connectivity index (χ2v) is 6.98. The lowest BCUT2D eigenvalue weighted by Gasteiger charge is -2.34. The third-order valence-electron chi connectivity index (χ3n) is 5.17. The molecule has 1 fully saturated rings. The van der Waals surface area contributed by atoms with Crippen molar-refractivity contribution in [1.29, 1.82) is 0 Å². The number of benzene rings is 2. The zero-order valence-electron chi connectivity index (χ0n) is 15.0. The maximum atomic E-state index is 5.05. The van der Waals surface area contributed by atoms with Crippen molar-refractivity contribution >= 4 is 11.8 Å². The van der Waals surface area contributed by atoms with E-state index in [9.17, 15) is 0 Å². The van der Waals surface area contributed by atoms with Crippen molar-refractivity contribution < 1.29 is 0 Å². The maximum Gasteiger partial charge on any atom is 0.0816 e. The van der Waals surface area contributed by atoms with Gasteiger partial charge in [-0.1, -0.05) is 60.7 Å². The number of rotatable bonds is 3. The predicted molar refractivity (Wildman–Crippen MR) is 104 cm³/mol. The van der Waals surface area contributed by atoms with E-state index in [-0.39, 0.29) is 0 Å². The summed E-state index contributed by atoms with van der Waals surface area (Å²) in [7, 11) is 2.21. The number of nitrogens with zero attached hydrogens (tertiary/aromatic N) is 3. The number of likely N-dealkylation sites (N-methyl/N-ethyl adjacent to an activating group) is 1. The first kappa shape index (κ1) is 16.1. The monoisotopic (exact) mass is 331 g/mol. The molecule has 0 saturated carbocycles. The lowest BCUT2D eigenvalue weighted by atomic mass is 9.83. The molecule has 3 heteroatoms. The van der Waals surface area contributed by atoms with E-state index in [1.165, 1.54) is 22.4 Å². The van der Waals surface area contributed by atoms with Gasteiger partial charge >= 0.3 is 0 Å². The molecule has 4 rings (SSSR count). The van der Waals surface area contributed by atoms with Crippen LogP contribution in [0, 0.1) is 5.92 Å². The van der Waals surface area contributed by atoms with Gasteiger partial charge < -0.3 is 4.90 Å². The molecule has 2 aliphatic rings. The minimum absolute atomic E-state index is 0.336. The van der Waals surface area contributed by atoms with E-state index in [0.29, 0.717) is 12.0 Å². The normalized spacial score (nSPS) is 25.1. The molecule has 2 unspecified atom stereocenters. The van der Waals surface area contributed by atoms with Crippen LogP contribution in [-0.2, 0) is 0 Å². The minimum atomic E-state index is 0.336. The predicted octanol–water partition coefficient (Wildman–Crippen LogP) is 4.06. The summed E-state index contributed by atoms with van der Waals surface area (Å²) in [5.41, 5.74) is 5.24. The molecule has 2 aromatic rings. The van der Waals surface area contributed by atoms with Gasteiger partial charge in [-0.3, -0.25) is 5.01 Å². The zero-order valence-corrected chi connectivity index (χ0v) is 15.0. The molecule has 0 N–H and O–H groups in total. The molecule has 2 heterocycles. The van der Waals surface area contributed by atoms with E-state index in [1.54, 1.807) is 0 Å². The smallest absolute Gasteiger partial charge is 0.0816 e. The molecule has 0 amide bonds. The third kappa shape index (κ3) is 3.12. The van der Waals surface area contributed by atoms with E-state index in [0.717, 1.165) is 19.6 Å². The fourth-order valence-electron chi connectivity index (χ4n) is 4.08. The van der Waals surface area contributed by atoms with Crippen LogP contribution in [0.2, 0.25) is 0 Å². The van der Waals surface area contributed by atoms with E-state index < -0.39 is 0 Å². The quantitative estimate of drug-likeness (QED) is 0.844. The Hall–Kier alpha value is -2.39. The van der Waals surface area contributed by atoms with Gasteiger partial charge in [0.25, 0.3) is 0 Å². The highest BCUT2D eigenvalue weighted by atomic mass is 15.5. The van der Waals surface area contributed by atoms with E-state index in [4.69, 9.17) is 5.10 Å². The molecule has 2 atom stereocenters. The van der Waals surface area contributed by atoms with Gasteiger partial charge in [-0.2, -0.15) is 5.10 Å². The van der Waals surface area contributed by atoms with Crippen molar-refractivity contribution in [3.05, 3.63) is 77.4 Å². The Morgan fingerprint density at radius 3 is 2.40 bits per heavy atom. The first-order chi connectivity index (χ1) is 12.3. The van der Waals surface area contributed by atoms with Crippen molar-refractivity contribution in [2.45, 2.75) is 13.0 Å². The molecule has 3 nitrogen and oxygen atoms in total. The van der Waals surface area contributed by atoms with Crippen LogP contribution in [0.3, 0.4) is 0 Å². The first-order valence-corrected chi connectivity index (χ1v) is 9.11. The molecule has 0 spiro atoms. The fourth-order valence-corrected chi connectivity index (χ4v) is 4.08. The summed E-state index contributed by atoms with van der Waals surface area (Å²) in [5, 5.41) is 7.32. The van der Waals surface area contributed by atoms with Crippen molar-refractivity contribution in [2.75, 3.05) is 26.7 Å². The minimum Gasteiger partial charge on any atom is -0.301 e. The summed E-state index contributed by atoms with van der Waals surface area (Å²) in [6.45, 7) is 5.15. The first-order valence-electron chi connectivity index (χ1n) is 9.11. The second kappa shape index (κ2) is 6.85. The average Bonchev–Trinajstić information content (AvgIpc) is 3.02. The van der Waals surface area contributed by atoms with Crippen LogP contribution in [0.15, 0.2) is 71.3 Å². The van der Waals surface area contributed by atoms with Crippen molar-refractivity contribution in [3.63, 3.8) is 0 Å². The van der Waals surface area contributed by atoms with Crippen LogP contribution in [0.4, 0.5) is 0 Å². The number of hydrogen-bond donors (Lipinski definition) is 0. The largest absolute Gasteiger partial charge is 0.301 e. The molecule has 0 bridgehead atoms. The SMILES string of the molecule is CCN1N=C2/C(=C/c3ccccc3)CN(C)CC2C1c1ccccc1. The number of piperidine rings is 1. The van der Waals surface area contributed by atoms with Crippen LogP contribution in [-0.4, -0.2) is 42.3 Å². The second-order valence-electron chi connectivity index (χ2n) is 6.98. The van der Waals surface area contributed by atoms with Gasteiger partial charge in [0.2, 0.25) is 0 Å². The van der Waals surface area contributed by atoms with Gasteiger partial charge in [-0.15, -0.1) is 0 Å². The lowest BCUT2D eigenvalue weighted by molar-refractivity contribution is 0.186. The summed E-state index contributed by atoms with van der Waals surface area (Å²) in [6.07, 6.45) is 2.31. The van der Waals surface area contributed by atoms with Gasteiger partial charge in [0.1, 0.15) is 0 Å². The molecular formula is C22H25N3. The van der Waals surface area contributed by atoms with Gasteiger partial charge in [0.05, 0.1) is 11.8 Å². The van der Waals surface area contributed by atoms with Crippen LogP contribution in [0.1, 0.15) is 24.1 Å². The van der Waals surface area contributed by atoms with Crippen LogP contribution >= 0.6 is 0 Å². The summed E-state index contributed by atoms with van der Waals surface area (Å²) < 4.78 is 0. The molecule has 128 valence electrons. The van der Waals surface area contributed by atoms with Crippen LogP contribution in [0.5, 0.6) is 0 Å². The summed E-state index contributed by atoms with van der Waals surface area (Å²) in [4.78, 5) is 2.42. The Morgan fingerprint density at radius 1 is 1.04 bits per heavy atom. The van der Waals surface area contributed by atoms with Crippen LogP contribution in [0.25, 0.3) is 6.08 Å². The molecule has 0 aromatic heterocycles. The Kier molecular flexibility index (Phi) is 4.41. The fraction of sp³-hybridized carbons (Fsp3) is 0.318. The molecule has 2 aromatic carbocycles. The summed E-state index contributed by atoms with van der Waals surface area (Å²) in [6, 6.07) is 21.7. The third-order valence-corrected chi connectivity index (χ3v) is 5.17. The summed E-state index contributed by atoms with van der Waals surface area (Å²) in [5.74, 6) is 0.427. The number of likely N-dealkylation sites (tertiary alicyclic amines) is 1. The molecular weight excluding hydrogens is 306 g/mol. The van der Waals surface area contributed by atoms with Crippen molar-refractivity contribution in [1.82, 2.24) is 9.91 Å². The number of hydrazone groups is 1. The van der Waals surface area contributed by atoms with Gasteiger partial charge in [0, 0.05) is 25.6 Å². The highest BCUT2D eigenvalue weighted by Gasteiger charge is 2.42. The average molecular weight is 331 g/mol. The van der Waals surface area contributed by atoms with Crippen LogP contribution < -0.4 is 0 Å². The Labute approximate surface area is 150 Å². The molecule has 0 aliphatic carbocycles. The number of fused-ring (bicyclic) bond motifs is 1. The molecule has 0 radical (unpaired) electrons. The topological polar surface area (TPSA) is 18.8 Å². The van der Waals surface area contributed by atoms with Gasteiger partial charge in [-0.25, -0.2) is 0 Å². The Bertz CT molecular complexity index is 779. The standard InChI is InChI=1S/C22H25N3/c1-3-25-22(18-12-8-5-9-13-18)20-16-24(2)15-19(21(20)23-25)14-17-10-6-4-7-11-17/h4-14,20,22H,3,15-16H2,1-2H3/b19-14+. The maximum absolute atomic E-state index is 5.05. The molecule has 25 heavy (non-hydrogen) atoms. The highest BCUT2D eigenvalue weighted by molar-refractivity contribution is 6.07. The zero-order chi connectivity index (χ0) is 17.2. The van der Waals surface area contributed by atoms with E-state index in [2.05, 4.69) is 90.6 Å². The van der Waals surface area contributed by atoms with Crippen molar-refractivity contribution in [2.24, 2.45) is 11.0 Å². The van der Waals surface area contributed by atoms with Gasteiger partial charge in [-0.05, 0) is 36.7 Å². The van der Waals surface area contributed by atoms with E-state index in [1.807, 2.05) is 0 Å². The van der Waals surface area contributed by atoms with Crippen molar-refractivity contribution in [3.8, 4) is 0 Å². The van der Waals surface area contributed by atoms with E-state index >= 15 is 0 Å². The highest BCUT2D eigenvalue weighted by Crippen LogP contribution is 2.40.